The smallest absolute Gasteiger partial charge is 0.223 e. The lowest BCUT2D eigenvalue weighted by molar-refractivity contribution is 0.230. The van der Waals surface area contributed by atoms with E-state index in [1.807, 2.05) is 11.6 Å². The van der Waals surface area contributed by atoms with E-state index in [-0.39, 0.29) is 6.04 Å². The van der Waals surface area contributed by atoms with Gasteiger partial charge in [0.2, 0.25) is 5.89 Å². The summed E-state index contributed by atoms with van der Waals surface area (Å²) in [5, 5.41) is 8.14. The zero-order chi connectivity index (χ0) is 12.4. The molecule has 96 valence electrons. The van der Waals surface area contributed by atoms with E-state index < -0.39 is 0 Å². The normalized spacial score (nSPS) is 20.6. The largest absolute Gasteiger partial charge is 0.340 e. The Hall–Kier alpha value is -1.76. The number of hydrogen-bond acceptors (Lipinski definition) is 6. The van der Waals surface area contributed by atoms with Crippen molar-refractivity contribution in [1.29, 1.82) is 0 Å². The van der Waals surface area contributed by atoms with E-state index in [0.717, 1.165) is 31.9 Å². The minimum absolute atomic E-state index is 0.283. The predicted octanol–water partition coefficient (Wildman–Crippen LogP) is 0.807. The van der Waals surface area contributed by atoms with Gasteiger partial charge < -0.3 is 4.52 Å². The molecule has 1 saturated heterocycles. The van der Waals surface area contributed by atoms with Crippen molar-refractivity contribution >= 4 is 0 Å². The molecular formula is C11H16N6O. The van der Waals surface area contributed by atoms with Gasteiger partial charge in [0.05, 0.1) is 12.6 Å². The van der Waals surface area contributed by atoms with Crippen molar-refractivity contribution in [3.8, 4) is 0 Å². The monoisotopic (exact) mass is 248 g/mol. The van der Waals surface area contributed by atoms with Crippen LogP contribution < -0.4 is 0 Å². The van der Waals surface area contributed by atoms with Gasteiger partial charge in [-0.3, -0.25) is 9.58 Å². The van der Waals surface area contributed by atoms with E-state index >= 15 is 0 Å². The van der Waals surface area contributed by atoms with Gasteiger partial charge >= 0.3 is 0 Å². The van der Waals surface area contributed by atoms with Crippen LogP contribution >= 0.6 is 0 Å². The van der Waals surface area contributed by atoms with Gasteiger partial charge in [-0.25, -0.2) is 4.98 Å². The predicted molar refractivity (Wildman–Crippen MR) is 62.6 cm³/mol. The molecule has 1 aliphatic rings. The Balaban J connectivity index is 1.64. The summed E-state index contributed by atoms with van der Waals surface area (Å²) in [7, 11) is 0. The molecule has 0 radical (unpaired) electrons. The van der Waals surface area contributed by atoms with Crippen molar-refractivity contribution in [3.63, 3.8) is 0 Å². The molecule has 18 heavy (non-hydrogen) atoms. The summed E-state index contributed by atoms with van der Waals surface area (Å²) in [5.74, 6) is 1.44. The maximum atomic E-state index is 5.06. The van der Waals surface area contributed by atoms with Gasteiger partial charge in [-0.05, 0) is 19.4 Å². The minimum Gasteiger partial charge on any atom is -0.340 e. The molecule has 0 saturated carbocycles. The molecule has 2 aromatic rings. The van der Waals surface area contributed by atoms with Crippen LogP contribution in [0.25, 0.3) is 0 Å². The van der Waals surface area contributed by atoms with Gasteiger partial charge in [0, 0.05) is 13.5 Å². The van der Waals surface area contributed by atoms with Gasteiger partial charge in [-0.15, -0.1) is 0 Å². The summed E-state index contributed by atoms with van der Waals surface area (Å²) in [6, 6.07) is 0.283. The lowest BCUT2D eigenvalue weighted by Gasteiger charge is -2.21. The first kappa shape index (κ1) is 11.3. The third-order valence-corrected chi connectivity index (χ3v) is 3.29. The van der Waals surface area contributed by atoms with Gasteiger partial charge in [0.1, 0.15) is 12.7 Å². The number of aromatic nitrogens is 5. The molecule has 3 rings (SSSR count). The molecule has 0 spiro atoms. The van der Waals surface area contributed by atoms with E-state index in [9.17, 15) is 0 Å². The van der Waals surface area contributed by atoms with Crippen LogP contribution in [0.5, 0.6) is 0 Å². The number of rotatable bonds is 4. The second-order valence-electron chi connectivity index (χ2n) is 4.52. The zero-order valence-electron chi connectivity index (χ0n) is 10.4. The number of nitrogens with zero attached hydrogens (tertiary/aromatic N) is 6. The zero-order valence-corrected chi connectivity index (χ0v) is 10.4. The molecule has 1 atom stereocenters. The average Bonchev–Trinajstić information content (AvgIpc) is 3.07. The molecule has 2 aromatic heterocycles. The third-order valence-electron chi connectivity index (χ3n) is 3.29. The summed E-state index contributed by atoms with van der Waals surface area (Å²) >= 11 is 0. The molecule has 1 fully saturated rings. The Bertz CT molecular complexity index is 493. The molecule has 0 amide bonds. The molecule has 1 unspecified atom stereocenters. The molecule has 7 nitrogen and oxygen atoms in total. The van der Waals surface area contributed by atoms with E-state index in [4.69, 9.17) is 4.52 Å². The SMILES string of the molecule is Cc1nc(C2CCCN2CCn2cncn2)no1. The summed E-state index contributed by atoms with van der Waals surface area (Å²) in [4.78, 5) is 10.7. The number of likely N-dealkylation sites (tertiary alicyclic amines) is 1. The fraction of sp³-hybridized carbons (Fsp3) is 0.636. The van der Waals surface area contributed by atoms with Crippen molar-refractivity contribution in [2.24, 2.45) is 0 Å². The highest BCUT2D eigenvalue weighted by Gasteiger charge is 2.29. The van der Waals surface area contributed by atoms with Gasteiger partial charge in [-0.1, -0.05) is 5.16 Å². The topological polar surface area (TPSA) is 72.9 Å². The van der Waals surface area contributed by atoms with Crippen LogP contribution in [0.15, 0.2) is 17.2 Å². The van der Waals surface area contributed by atoms with Crippen molar-refractivity contribution in [1.82, 2.24) is 29.8 Å². The Morgan fingerprint density at radius 1 is 1.44 bits per heavy atom. The van der Waals surface area contributed by atoms with Crippen molar-refractivity contribution in [2.45, 2.75) is 32.4 Å². The maximum absolute atomic E-state index is 5.06. The fourth-order valence-corrected chi connectivity index (χ4v) is 2.42. The van der Waals surface area contributed by atoms with E-state index in [1.54, 1.807) is 12.7 Å². The summed E-state index contributed by atoms with van der Waals surface area (Å²) in [6.07, 6.45) is 5.57. The van der Waals surface area contributed by atoms with Crippen LogP contribution in [-0.2, 0) is 6.54 Å². The van der Waals surface area contributed by atoms with Crippen LogP contribution in [0.1, 0.15) is 30.6 Å². The highest BCUT2D eigenvalue weighted by Crippen LogP contribution is 2.29. The first-order chi connectivity index (χ1) is 8.83. The molecule has 0 aromatic carbocycles. The van der Waals surface area contributed by atoms with Gasteiger partial charge in [0.25, 0.3) is 0 Å². The van der Waals surface area contributed by atoms with Crippen LogP contribution in [0, 0.1) is 6.92 Å². The molecule has 1 aliphatic heterocycles. The lowest BCUT2D eigenvalue weighted by Crippen LogP contribution is -2.28. The summed E-state index contributed by atoms with van der Waals surface area (Å²) in [5.41, 5.74) is 0. The number of aryl methyl sites for hydroxylation is 1. The van der Waals surface area contributed by atoms with Gasteiger partial charge in [0.15, 0.2) is 5.82 Å². The summed E-state index contributed by atoms with van der Waals surface area (Å²) in [6.45, 7) is 4.67. The van der Waals surface area contributed by atoms with E-state index in [1.165, 1.54) is 6.42 Å². The Morgan fingerprint density at radius 2 is 2.39 bits per heavy atom. The standard InChI is InChI=1S/C11H16N6O/c1-9-14-11(15-18-9)10-3-2-4-16(10)5-6-17-8-12-7-13-17/h7-8,10H,2-6H2,1H3. The Kier molecular flexibility index (Phi) is 3.06. The van der Waals surface area contributed by atoms with Crippen molar-refractivity contribution in [2.75, 3.05) is 13.1 Å². The second-order valence-corrected chi connectivity index (χ2v) is 4.52. The molecule has 0 bridgehead atoms. The highest BCUT2D eigenvalue weighted by atomic mass is 16.5. The van der Waals surface area contributed by atoms with Crippen LogP contribution in [-0.4, -0.2) is 42.9 Å². The Labute approximate surface area is 105 Å². The average molecular weight is 248 g/mol. The minimum atomic E-state index is 0.283. The first-order valence-corrected chi connectivity index (χ1v) is 6.19. The van der Waals surface area contributed by atoms with Gasteiger partial charge in [-0.2, -0.15) is 10.1 Å². The molecule has 7 heteroatoms. The summed E-state index contributed by atoms with van der Waals surface area (Å²) < 4.78 is 6.90. The number of hydrogen-bond donors (Lipinski definition) is 0. The van der Waals surface area contributed by atoms with Crippen LogP contribution in [0.2, 0.25) is 0 Å². The van der Waals surface area contributed by atoms with Crippen molar-refractivity contribution < 1.29 is 4.52 Å². The van der Waals surface area contributed by atoms with Crippen molar-refractivity contribution in [3.05, 3.63) is 24.4 Å². The van der Waals surface area contributed by atoms with Crippen LogP contribution in [0.4, 0.5) is 0 Å². The quantitative estimate of drug-likeness (QED) is 0.797. The second kappa shape index (κ2) is 4.85. The fourth-order valence-electron chi connectivity index (χ4n) is 2.42. The molecule has 3 heterocycles. The molecular weight excluding hydrogens is 232 g/mol. The van der Waals surface area contributed by atoms with E-state index in [0.29, 0.717) is 5.89 Å². The van der Waals surface area contributed by atoms with Crippen LogP contribution in [0.3, 0.4) is 0 Å². The Morgan fingerprint density at radius 3 is 3.11 bits per heavy atom. The third kappa shape index (κ3) is 2.26. The van der Waals surface area contributed by atoms with E-state index in [2.05, 4.69) is 25.1 Å². The first-order valence-electron chi connectivity index (χ1n) is 6.19. The molecule has 0 aliphatic carbocycles. The maximum Gasteiger partial charge on any atom is 0.223 e. The lowest BCUT2D eigenvalue weighted by atomic mass is 10.2. The highest BCUT2D eigenvalue weighted by molar-refractivity contribution is 4.97. The molecule has 0 N–H and O–H groups in total.